The molecule has 0 bridgehead atoms. The zero-order valence-corrected chi connectivity index (χ0v) is 9.79. The monoisotopic (exact) mass is 263 g/mol. The van der Waals surface area contributed by atoms with Gasteiger partial charge in [-0.2, -0.15) is 5.10 Å². The summed E-state index contributed by atoms with van der Waals surface area (Å²) in [6.45, 7) is 0. The first-order valence-electron chi connectivity index (χ1n) is 5.06. The zero-order chi connectivity index (χ0) is 13.8. The van der Waals surface area contributed by atoms with Crippen LogP contribution in [0.3, 0.4) is 0 Å². The molecule has 2 rings (SSSR count). The van der Waals surface area contributed by atoms with E-state index in [1.165, 1.54) is 42.8 Å². The zero-order valence-electron chi connectivity index (χ0n) is 9.79. The van der Waals surface area contributed by atoms with Crippen molar-refractivity contribution in [1.82, 2.24) is 14.9 Å². The summed E-state index contributed by atoms with van der Waals surface area (Å²) < 4.78 is 6.19. The molecule has 0 unspecified atom stereocenters. The summed E-state index contributed by atoms with van der Waals surface area (Å²) in [5, 5.41) is 31.5. The van der Waals surface area contributed by atoms with Crippen molar-refractivity contribution in [2.24, 2.45) is 5.10 Å². The quantitative estimate of drug-likeness (QED) is 0.495. The van der Waals surface area contributed by atoms with Crippen molar-refractivity contribution in [1.29, 1.82) is 0 Å². The first-order chi connectivity index (χ1) is 9.11. The van der Waals surface area contributed by atoms with Crippen LogP contribution in [-0.4, -0.2) is 38.2 Å². The van der Waals surface area contributed by atoms with Gasteiger partial charge in [0.2, 0.25) is 5.75 Å². The van der Waals surface area contributed by atoms with Gasteiger partial charge in [-0.05, 0) is 6.07 Å². The van der Waals surface area contributed by atoms with Gasteiger partial charge in [0.1, 0.15) is 12.7 Å². The number of methoxy groups -OCH3 is 1. The lowest BCUT2D eigenvalue weighted by molar-refractivity contribution is -0.386. The minimum atomic E-state index is -0.700. The van der Waals surface area contributed by atoms with Crippen LogP contribution in [0.1, 0.15) is 5.56 Å². The smallest absolute Gasteiger partial charge is 0.315 e. The van der Waals surface area contributed by atoms with Crippen molar-refractivity contribution < 1.29 is 14.8 Å². The number of nitro benzene ring substituents is 1. The number of nitrogens with zero attached hydrogens (tertiary/aromatic N) is 5. The molecule has 0 aliphatic carbocycles. The van der Waals surface area contributed by atoms with E-state index in [4.69, 9.17) is 4.74 Å². The second-order valence-electron chi connectivity index (χ2n) is 3.43. The fourth-order valence-electron chi connectivity index (χ4n) is 1.37. The van der Waals surface area contributed by atoms with Crippen molar-refractivity contribution >= 4 is 11.9 Å². The summed E-state index contributed by atoms with van der Waals surface area (Å²) in [5.41, 5.74) is -0.0559. The third kappa shape index (κ3) is 2.65. The molecule has 1 aromatic carbocycles. The number of phenols is 1. The number of hydrogen-bond acceptors (Lipinski definition) is 7. The molecule has 19 heavy (non-hydrogen) atoms. The van der Waals surface area contributed by atoms with Crippen molar-refractivity contribution in [2.45, 2.75) is 0 Å². The van der Waals surface area contributed by atoms with E-state index in [0.717, 1.165) is 0 Å². The Kier molecular flexibility index (Phi) is 3.37. The summed E-state index contributed by atoms with van der Waals surface area (Å²) in [6.07, 6.45) is 4.09. The molecule has 0 spiro atoms. The van der Waals surface area contributed by atoms with Gasteiger partial charge in [0.15, 0.2) is 5.75 Å². The van der Waals surface area contributed by atoms with Gasteiger partial charge in [-0.15, -0.1) is 10.2 Å². The molecule has 0 saturated carbocycles. The van der Waals surface area contributed by atoms with E-state index >= 15 is 0 Å². The predicted molar refractivity (Wildman–Crippen MR) is 64.3 cm³/mol. The summed E-state index contributed by atoms with van der Waals surface area (Å²) in [7, 11) is 1.31. The highest BCUT2D eigenvalue weighted by atomic mass is 16.6. The number of rotatable bonds is 4. The maximum atomic E-state index is 10.8. The fraction of sp³-hybridized carbons (Fsp3) is 0.100. The van der Waals surface area contributed by atoms with E-state index in [2.05, 4.69) is 15.3 Å². The largest absolute Gasteiger partial charge is 0.500 e. The number of benzene rings is 1. The first-order valence-corrected chi connectivity index (χ1v) is 5.06. The topological polar surface area (TPSA) is 116 Å². The van der Waals surface area contributed by atoms with Gasteiger partial charge in [0, 0.05) is 11.6 Å². The molecule has 9 nitrogen and oxygen atoms in total. The Hall–Kier alpha value is -2.97. The molecular weight excluding hydrogens is 254 g/mol. The Balaban J connectivity index is 2.41. The Morgan fingerprint density at radius 1 is 1.47 bits per heavy atom. The molecule has 9 heteroatoms. The second kappa shape index (κ2) is 5.12. The van der Waals surface area contributed by atoms with Gasteiger partial charge in [0.25, 0.3) is 0 Å². The Morgan fingerprint density at radius 2 is 2.16 bits per heavy atom. The molecule has 0 fully saturated rings. The molecule has 0 aliphatic rings. The van der Waals surface area contributed by atoms with E-state index in [-0.39, 0.29) is 5.75 Å². The van der Waals surface area contributed by atoms with E-state index < -0.39 is 16.4 Å². The standard InChI is InChI=1S/C10H9N5O4/c1-19-9-3-7(2-8(10(9)16)15(17)18)4-13-14-5-11-12-6-14/h2-6,16H,1H3/b13-4+. The van der Waals surface area contributed by atoms with Crippen LogP contribution in [0.25, 0.3) is 0 Å². The lowest BCUT2D eigenvalue weighted by atomic mass is 10.2. The number of aromatic hydroxyl groups is 1. The summed E-state index contributed by atoms with van der Waals surface area (Å²) >= 11 is 0. The van der Waals surface area contributed by atoms with Gasteiger partial charge in [-0.1, -0.05) is 0 Å². The third-order valence-electron chi connectivity index (χ3n) is 2.24. The fourth-order valence-corrected chi connectivity index (χ4v) is 1.37. The minimum Gasteiger partial charge on any atom is -0.500 e. The number of ether oxygens (including phenoxy) is 1. The molecule has 1 heterocycles. The lowest BCUT2D eigenvalue weighted by Crippen LogP contribution is -1.95. The number of nitro groups is 1. The molecular formula is C10H9N5O4. The first kappa shape index (κ1) is 12.5. The molecule has 1 N–H and O–H groups in total. The molecule has 0 atom stereocenters. The maximum absolute atomic E-state index is 10.8. The summed E-state index contributed by atoms with van der Waals surface area (Å²) in [6, 6.07) is 2.61. The van der Waals surface area contributed by atoms with Crippen LogP contribution >= 0.6 is 0 Å². The predicted octanol–water partition coefficient (Wildman–Crippen LogP) is 0.783. The normalized spacial score (nSPS) is 10.8. The van der Waals surface area contributed by atoms with Crippen molar-refractivity contribution in [2.75, 3.05) is 7.11 Å². The molecule has 0 radical (unpaired) electrons. The van der Waals surface area contributed by atoms with Crippen LogP contribution in [0.15, 0.2) is 29.9 Å². The van der Waals surface area contributed by atoms with E-state index in [1.807, 2.05) is 0 Å². The average molecular weight is 263 g/mol. The van der Waals surface area contributed by atoms with E-state index in [9.17, 15) is 15.2 Å². The third-order valence-corrected chi connectivity index (χ3v) is 2.24. The Labute approximate surface area is 106 Å². The summed E-state index contributed by atoms with van der Waals surface area (Å²) in [4.78, 5) is 10.1. The molecule has 1 aromatic heterocycles. The second-order valence-corrected chi connectivity index (χ2v) is 3.43. The van der Waals surface area contributed by atoms with Crippen LogP contribution in [-0.2, 0) is 0 Å². The van der Waals surface area contributed by atoms with Crippen LogP contribution in [0.4, 0.5) is 5.69 Å². The Morgan fingerprint density at radius 3 is 2.74 bits per heavy atom. The van der Waals surface area contributed by atoms with E-state index in [0.29, 0.717) is 5.56 Å². The number of hydrogen-bond donors (Lipinski definition) is 1. The lowest BCUT2D eigenvalue weighted by Gasteiger charge is -2.04. The van der Waals surface area contributed by atoms with Gasteiger partial charge < -0.3 is 9.84 Å². The minimum absolute atomic E-state index is 0.000550. The van der Waals surface area contributed by atoms with Crippen molar-refractivity contribution in [3.8, 4) is 11.5 Å². The Bertz CT molecular complexity index is 623. The van der Waals surface area contributed by atoms with Crippen molar-refractivity contribution in [3.05, 3.63) is 40.5 Å². The van der Waals surface area contributed by atoms with Gasteiger partial charge in [-0.3, -0.25) is 10.1 Å². The van der Waals surface area contributed by atoms with Crippen LogP contribution < -0.4 is 4.74 Å². The highest BCUT2D eigenvalue weighted by Gasteiger charge is 2.19. The molecule has 0 aliphatic heterocycles. The molecule has 98 valence electrons. The maximum Gasteiger partial charge on any atom is 0.315 e. The van der Waals surface area contributed by atoms with E-state index in [1.54, 1.807) is 0 Å². The summed E-state index contributed by atoms with van der Waals surface area (Å²) in [5.74, 6) is -0.520. The van der Waals surface area contributed by atoms with Crippen LogP contribution in [0.2, 0.25) is 0 Å². The van der Waals surface area contributed by atoms with Crippen LogP contribution in [0.5, 0.6) is 11.5 Å². The number of phenolic OH excluding ortho intramolecular Hbond substituents is 1. The molecule has 0 saturated heterocycles. The highest BCUT2D eigenvalue weighted by molar-refractivity contribution is 5.83. The SMILES string of the molecule is COc1cc(/C=N/n2cnnc2)cc([N+](=O)[O-])c1O. The van der Waals surface area contributed by atoms with Crippen LogP contribution in [0, 0.1) is 10.1 Å². The molecule has 2 aromatic rings. The van der Waals surface area contributed by atoms with Gasteiger partial charge in [-0.25, -0.2) is 4.68 Å². The van der Waals surface area contributed by atoms with Gasteiger partial charge >= 0.3 is 5.69 Å². The number of aromatic nitrogens is 3. The van der Waals surface area contributed by atoms with Gasteiger partial charge in [0.05, 0.1) is 18.2 Å². The highest BCUT2D eigenvalue weighted by Crippen LogP contribution is 2.36. The van der Waals surface area contributed by atoms with Crippen molar-refractivity contribution in [3.63, 3.8) is 0 Å². The average Bonchev–Trinajstić information content (AvgIpc) is 2.90. The molecule has 0 amide bonds.